The van der Waals surface area contributed by atoms with Gasteiger partial charge in [-0.15, -0.1) is 0 Å². The molecule has 0 saturated carbocycles. The lowest BCUT2D eigenvalue weighted by Crippen LogP contribution is -2.37. The topological polar surface area (TPSA) is 64.6 Å². The van der Waals surface area contributed by atoms with Crippen molar-refractivity contribution in [2.75, 3.05) is 14.2 Å². The van der Waals surface area contributed by atoms with Crippen LogP contribution in [0, 0.1) is 17.8 Å². The largest absolute Gasteiger partial charge is 0.469 e. The van der Waals surface area contributed by atoms with E-state index in [4.69, 9.17) is 9.47 Å². The van der Waals surface area contributed by atoms with Crippen LogP contribution >= 0.6 is 0 Å². The maximum absolute atomic E-state index is 11.7. The quantitative estimate of drug-likeness (QED) is 0.753. The van der Waals surface area contributed by atoms with Crippen molar-refractivity contribution in [1.29, 1.82) is 0 Å². The number of methoxy groups -OCH3 is 2. The van der Waals surface area contributed by atoms with Crippen molar-refractivity contribution >= 4 is 11.9 Å². The van der Waals surface area contributed by atoms with Crippen LogP contribution < -0.4 is 5.32 Å². The monoisotopic (exact) mass is 285 g/mol. The predicted molar refractivity (Wildman–Crippen MR) is 76.1 cm³/mol. The summed E-state index contributed by atoms with van der Waals surface area (Å²) >= 11 is 0. The lowest BCUT2D eigenvalue weighted by Gasteiger charge is -2.22. The van der Waals surface area contributed by atoms with Gasteiger partial charge in [0.2, 0.25) is 0 Å². The highest BCUT2D eigenvalue weighted by Gasteiger charge is 2.36. The molecule has 0 bridgehead atoms. The summed E-state index contributed by atoms with van der Waals surface area (Å²) in [6.45, 7) is 6.19. The Bertz CT molecular complexity index is 343. The molecular formula is C15H27NO4. The van der Waals surface area contributed by atoms with Gasteiger partial charge in [0, 0.05) is 6.04 Å². The molecule has 0 aliphatic carbocycles. The van der Waals surface area contributed by atoms with E-state index in [1.165, 1.54) is 14.2 Å². The second kappa shape index (κ2) is 7.62. The number of nitrogens with one attached hydrogen (secondary N) is 1. The van der Waals surface area contributed by atoms with Gasteiger partial charge in [-0.1, -0.05) is 20.8 Å². The van der Waals surface area contributed by atoms with Crippen molar-refractivity contribution in [2.45, 2.75) is 52.1 Å². The van der Waals surface area contributed by atoms with Gasteiger partial charge >= 0.3 is 11.9 Å². The number of esters is 2. The Kier molecular flexibility index (Phi) is 6.46. The van der Waals surface area contributed by atoms with Gasteiger partial charge in [-0.3, -0.25) is 9.59 Å². The number of rotatable bonds is 6. The first-order chi connectivity index (χ1) is 9.40. The molecule has 0 aromatic heterocycles. The molecule has 1 unspecified atom stereocenters. The lowest BCUT2D eigenvalue weighted by atomic mass is 9.87. The Balaban J connectivity index is 2.52. The van der Waals surface area contributed by atoms with E-state index in [0.29, 0.717) is 5.92 Å². The summed E-state index contributed by atoms with van der Waals surface area (Å²) < 4.78 is 9.63. The Morgan fingerprint density at radius 2 is 1.90 bits per heavy atom. The number of carbonyl (C=O) groups is 2. The van der Waals surface area contributed by atoms with E-state index < -0.39 is 0 Å². The minimum Gasteiger partial charge on any atom is -0.469 e. The van der Waals surface area contributed by atoms with Gasteiger partial charge in [0.05, 0.1) is 20.1 Å². The average molecular weight is 285 g/mol. The van der Waals surface area contributed by atoms with E-state index in [0.717, 1.165) is 19.3 Å². The van der Waals surface area contributed by atoms with Crippen LogP contribution in [-0.4, -0.2) is 38.2 Å². The molecule has 5 nitrogen and oxygen atoms in total. The van der Waals surface area contributed by atoms with E-state index in [9.17, 15) is 9.59 Å². The average Bonchev–Trinajstić information content (AvgIpc) is 2.78. The molecule has 0 aromatic carbocycles. The molecule has 1 rings (SSSR count). The first-order valence-corrected chi connectivity index (χ1v) is 7.32. The van der Waals surface area contributed by atoms with Gasteiger partial charge in [-0.2, -0.15) is 0 Å². The van der Waals surface area contributed by atoms with Crippen LogP contribution in [-0.2, 0) is 19.1 Å². The Hall–Kier alpha value is -1.10. The van der Waals surface area contributed by atoms with Gasteiger partial charge < -0.3 is 14.8 Å². The fourth-order valence-electron chi connectivity index (χ4n) is 2.93. The molecule has 0 aromatic rings. The van der Waals surface area contributed by atoms with Crippen LogP contribution in [0.4, 0.5) is 0 Å². The van der Waals surface area contributed by atoms with Crippen molar-refractivity contribution < 1.29 is 19.1 Å². The molecule has 1 aliphatic rings. The molecule has 20 heavy (non-hydrogen) atoms. The van der Waals surface area contributed by atoms with Crippen molar-refractivity contribution in [3.05, 3.63) is 0 Å². The molecular weight excluding hydrogens is 258 g/mol. The summed E-state index contributed by atoms with van der Waals surface area (Å²) in [6, 6.07) is 0.0423. The lowest BCUT2D eigenvalue weighted by molar-refractivity contribution is -0.147. The van der Waals surface area contributed by atoms with Crippen molar-refractivity contribution in [3.63, 3.8) is 0 Å². The number of carbonyl (C=O) groups excluding carboxylic acids is 2. The Labute approximate surface area is 121 Å². The molecule has 0 radical (unpaired) electrons. The fourth-order valence-corrected chi connectivity index (χ4v) is 2.93. The first-order valence-electron chi connectivity index (χ1n) is 7.32. The van der Waals surface area contributed by atoms with Gasteiger partial charge in [0.25, 0.3) is 0 Å². The van der Waals surface area contributed by atoms with Gasteiger partial charge in [0.1, 0.15) is 6.04 Å². The molecule has 1 saturated heterocycles. The van der Waals surface area contributed by atoms with E-state index in [-0.39, 0.29) is 35.9 Å². The SMILES string of the molecule is COC(=O)C(CC[C@H]1N[C@H](C(=O)OC)C[C@H]1C)C(C)C. The van der Waals surface area contributed by atoms with E-state index in [1.54, 1.807) is 0 Å². The second-order valence-corrected chi connectivity index (χ2v) is 6.01. The number of hydrogen-bond acceptors (Lipinski definition) is 5. The van der Waals surface area contributed by atoms with E-state index in [2.05, 4.69) is 12.2 Å². The summed E-state index contributed by atoms with van der Waals surface area (Å²) in [6.07, 6.45) is 2.44. The van der Waals surface area contributed by atoms with E-state index >= 15 is 0 Å². The molecule has 0 spiro atoms. The maximum atomic E-state index is 11.7. The second-order valence-electron chi connectivity index (χ2n) is 6.01. The summed E-state index contributed by atoms with van der Waals surface area (Å²) in [5, 5.41) is 3.32. The zero-order valence-corrected chi connectivity index (χ0v) is 13.1. The third-order valence-electron chi connectivity index (χ3n) is 4.29. The van der Waals surface area contributed by atoms with E-state index in [1.807, 2.05) is 13.8 Å². The molecule has 0 amide bonds. The van der Waals surface area contributed by atoms with Crippen LogP contribution in [0.3, 0.4) is 0 Å². The van der Waals surface area contributed by atoms with Crippen molar-refractivity contribution in [1.82, 2.24) is 5.32 Å². The van der Waals surface area contributed by atoms with Crippen LogP contribution in [0.25, 0.3) is 0 Å². The van der Waals surface area contributed by atoms with Gasteiger partial charge in [-0.05, 0) is 31.1 Å². The van der Waals surface area contributed by atoms with Crippen LogP contribution in [0.2, 0.25) is 0 Å². The van der Waals surface area contributed by atoms with Gasteiger partial charge in [0.15, 0.2) is 0 Å². The zero-order chi connectivity index (χ0) is 15.3. The smallest absolute Gasteiger partial charge is 0.322 e. The normalized spacial score (nSPS) is 27.4. The minimum absolute atomic E-state index is 0.0776. The van der Waals surface area contributed by atoms with Crippen molar-refractivity contribution in [3.8, 4) is 0 Å². The summed E-state index contributed by atoms with van der Waals surface area (Å²) in [5.41, 5.74) is 0. The molecule has 116 valence electrons. The van der Waals surface area contributed by atoms with Crippen molar-refractivity contribution in [2.24, 2.45) is 17.8 Å². The van der Waals surface area contributed by atoms with Crippen LogP contribution in [0.1, 0.15) is 40.0 Å². The fraction of sp³-hybridized carbons (Fsp3) is 0.867. The highest BCUT2D eigenvalue weighted by molar-refractivity contribution is 5.76. The summed E-state index contributed by atoms with van der Waals surface area (Å²) in [4.78, 5) is 23.3. The predicted octanol–water partition coefficient (Wildman–Crippen LogP) is 1.75. The molecule has 4 atom stereocenters. The van der Waals surface area contributed by atoms with Crippen LogP contribution in [0.5, 0.6) is 0 Å². The first kappa shape index (κ1) is 17.0. The zero-order valence-electron chi connectivity index (χ0n) is 13.1. The molecule has 1 fully saturated rings. The highest BCUT2D eigenvalue weighted by atomic mass is 16.5. The Morgan fingerprint density at radius 3 is 2.40 bits per heavy atom. The van der Waals surface area contributed by atoms with Crippen LogP contribution in [0.15, 0.2) is 0 Å². The molecule has 1 N–H and O–H groups in total. The summed E-state index contributed by atoms with van der Waals surface area (Å²) in [5.74, 6) is 0.245. The standard InChI is InChI=1S/C15H27NO4/c1-9(2)11(14(17)19-4)6-7-12-10(3)8-13(16-12)15(18)20-5/h9-13,16H,6-8H2,1-5H3/t10-,11?,12-,13+/m1/s1. The molecule has 1 aliphatic heterocycles. The highest BCUT2D eigenvalue weighted by Crippen LogP contribution is 2.27. The summed E-state index contributed by atoms with van der Waals surface area (Å²) in [7, 11) is 2.84. The molecule has 5 heteroatoms. The van der Waals surface area contributed by atoms with Gasteiger partial charge in [-0.25, -0.2) is 0 Å². The number of ether oxygens (including phenoxy) is 2. The maximum Gasteiger partial charge on any atom is 0.322 e. The number of hydrogen-bond donors (Lipinski definition) is 1. The minimum atomic E-state index is -0.212. The third-order valence-corrected chi connectivity index (χ3v) is 4.29. The Morgan fingerprint density at radius 1 is 1.25 bits per heavy atom. The molecule has 1 heterocycles. The third kappa shape index (κ3) is 4.20.